The molecule has 11 heteroatoms. The number of hydrogen-bond donors (Lipinski definition) is 2. The Bertz CT molecular complexity index is 1090. The number of pyridine rings is 2. The summed E-state index contributed by atoms with van der Waals surface area (Å²) in [5.74, 6) is -0.106. The van der Waals surface area contributed by atoms with Gasteiger partial charge in [0.25, 0.3) is 0 Å². The number of nitrogens with one attached hydrogen (secondary N) is 2. The predicted molar refractivity (Wildman–Crippen MR) is 109 cm³/mol. The molecule has 30 heavy (non-hydrogen) atoms. The molecule has 160 valence electrons. The van der Waals surface area contributed by atoms with Crippen molar-refractivity contribution in [3.63, 3.8) is 0 Å². The van der Waals surface area contributed by atoms with E-state index in [9.17, 15) is 18.0 Å². The second kappa shape index (κ2) is 8.10. The molecule has 0 radical (unpaired) electrons. The lowest BCUT2D eigenvalue weighted by Gasteiger charge is -2.17. The Morgan fingerprint density at radius 3 is 2.47 bits per heavy atom. The van der Waals surface area contributed by atoms with Gasteiger partial charge in [0.05, 0.1) is 22.9 Å². The third-order valence-corrected chi connectivity index (χ3v) is 4.51. The van der Waals surface area contributed by atoms with Crippen molar-refractivity contribution in [1.82, 2.24) is 19.7 Å². The number of carbonyl (C=O) groups is 1. The molecule has 0 aromatic carbocycles. The molecule has 3 aromatic heterocycles. The van der Waals surface area contributed by atoms with Crippen LogP contribution in [0.5, 0.6) is 0 Å². The Balaban J connectivity index is 1.93. The van der Waals surface area contributed by atoms with Crippen LogP contribution in [-0.4, -0.2) is 25.8 Å². The number of fused-ring (bicyclic) bond motifs is 1. The molecular weight excluding hydrogens is 421 g/mol. The van der Waals surface area contributed by atoms with Crippen LogP contribution in [0.3, 0.4) is 0 Å². The van der Waals surface area contributed by atoms with E-state index < -0.39 is 23.9 Å². The van der Waals surface area contributed by atoms with E-state index in [4.69, 9.17) is 11.6 Å². The van der Waals surface area contributed by atoms with Crippen LogP contribution in [-0.2, 0) is 6.18 Å². The Morgan fingerprint density at radius 1 is 1.17 bits per heavy atom. The number of urea groups is 1. The van der Waals surface area contributed by atoms with Gasteiger partial charge < -0.3 is 5.32 Å². The zero-order valence-electron chi connectivity index (χ0n) is 16.7. The standard InChI is InChI=1S/C19H20ClF3N6O/c1-9(2)16-12(8-24-11-5-6-14(20)26-17(11)16)25-18(30)27-15-7-13(19(21,22)23)28-29(15)10(3)4/h5-10H,1-4H3,(H2,25,27,30). The Morgan fingerprint density at radius 2 is 1.87 bits per heavy atom. The number of alkyl halides is 3. The molecule has 0 aliphatic rings. The number of rotatable bonds is 4. The van der Waals surface area contributed by atoms with Crippen LogP contribution in [0.1, 0.15) is 50.9 Å². The minimum Gasteiger partial charge on any atom is -0.306 e. The molecular formula is C19H20ClF3N6O. The minimum atomic E-state index is -4.62. The summed E-state index contributed by atoms with van der Waals surface area (Å²) < 4.78 is 40.2. The number of anilines is 2. The molecule has 0 unspecified atom stereocenters. The van der Waals surface area contributed by atoms with Gasteiger partial charge in [-0.3, -0.25) is 10.3 Å². The summed E-state index contributed by atoms with van der Waals surface area (Å²) in [6, 6.07) is 3.02. The summed E-state index contributed by atoms with van der Waals surface area (Å²) in [7, 11) is 0. The molecule has 2 N–H and O–H groups in total. The van der Waals surface area contributed by atoms with Gasteiger partial charge in [-0.2, -0.15) is 18.3 Å². The van der Waals surface area contributed by atoms with Gasteiger partial charge >= 0.3 is 12.2 Å². The number of hydrogen-bond acceptors (Lipinski definition) is 4. The first-order valence-corrected chi connectivity index (χ1v) is 9.55. The number of amides is 2. The molecule has 0 spiro atoms. The summed E-state index contributed by atoms with van der Waals surface area (Å²) in [6.45, 7) is 7.17. The smallest absolute Gasteiger partial charge is 0.306 e. The van der Waals surface area contributed by atoms with Gasteiger partial charge in [0, 0.05) is 17.7 Å². The van der Waals surface area contributed by atoms with Gasteiger partial charge in [-0.15, -0.1) is 0 Å². The zero-order valence-corrected chi connectivity index (χ0v) is 17.4. The van der Waals surface area contributed by atoms with Gasteiger partial charge in [-0.1, -0.05) is 25.4 Å². The maximum atomic E-state index is 13.0. The van der Waals surface area contributed by atoms with E-state index >= 15 is 0 Å². The van der Waals surface area contributed by atoms with E-state index in [0.717, 1.165) is 10.7 Å². The molecule has 7 nitrogen and oxygen atoms in total. The summed E-state index contributed by atoms with van der Waals surface area (Å²) in [5.41, 5.74) is 1.17. The molecule has 3 rings (SSSR count). The lowest BCUT2D eigenvalue weighted by atomic mass is 10.0. The average Bonchev–Trinajstić information content (AvgIpc) is 3.05. The molecule has 0 saturated heterocycles. The van der Waals surface area contributed by atoms with E-state index in [-0.39, 0.29) is 16.9 Å². The first kappa shape index (κ1) is 21.8. The quantitative estimate of drug-likeness (QED) is 0.498. The van der Waals surface area contributed by atoms with Crippen LogP contribution in [0.2, 0.25) is 5.15 Å². The molecule has 0 saturated carbocycles. The van der Waals surface area contributed by atoms with E-state index in [1.54, 1.807) is 26.0 Å². The van der Waals surface area contributed by atoms with Gasteiger partial charge in [0.15, 0.2) is 5.69 Å². The second-order valence-electron chi connectivity index (χ2n) is 7.27. The molecule has 2 amide bonds. The molecule has 0 bridgehead atoms. The molecule has 0 aliphatic heterocycles. The van der Waals surface area contributed by atoms with Crippen molar-refractivity contribution in [2.45, 2.75) is 45.8 Å². The summed E-state index contributed by atoms with van der Waals surface area (Å²) in [6.07, 6.45) is -3.14. The first-order chi connectivity index (χ1) is 14.0. The van der Waals surface area contributed by atoms with Crippen molar-refractivity contribution in [1.29, 1.82) is 0 Å². The van der Waals surface area contributed by atoms with E-state index in [1.165, 1.54) is 6.20 Å². The second-order valence-corrected chi connectivity index (χ2v) is 7.66. The van der Waals surface area contributed by atoms with Crippen LogP contribution in [0.25, 0.3) is 11.0 Å². The van der Waals surface area contributed by atoms with Crippen molar-refractivity contribution < 1.29 is 18.0 Å². The van der Waals surface area contributed by atoms with Crippen LogP contribution >= 0.6 is 11.6 Å². The number of nitrogens with zero attached hydrogens (tertiary/aromatic N) is 4. The van der Waals surface area contributed by atoms with Gasteiger partial charge in [0.2, 0.25) is 0 Å². The fraction of sp³-hybridized carbons (Fsp3) is 0.368. The van der Waals surface area contributed by atoms with Crippen molar-refractivity contribution in [3.05, 3.63) is 40.8 Å². The van der Waals surface area contributed by atoms with Crippen LogP contribution in [0, 0.1) is 0 Å². The molecule has 3 aromatic rings. The zero-order chi connectivity index (χ0) is 22.2. The van der Waals surface area contributed by atoms with Gasteiger partial charge in [-0.05, 0) is 31.9 Å². The Hall–Kier alpha value is -2.88. The number of halogens is 4. The maximum Gasteiger partial charge on any atom is 0.435 e. The highest BCUT2D eigenvalue weighted by Gasteiger charge is 2.35. The maximum absolute atomic E-state index is 13.0. The summed E-state index contributed by atoms with van der Waals surface area (Å²) in [4.78, 5) is 21.2. The van der Waals surface area contributed by atoms with Crippen molar-refractivity contribution in [3.8, 4) is 0 Å². The van der Waals surface area contributed by atoms with Gasteiger partial charge in [-0.25, -0.2) is 14.5 Å². The van der Waals surface area contributed by atoms with Crippen LogP contribution in [0.15, 0.2) is 24.4 Å². The molecule has 0 fully saturated rings. The lowest BCUT2D eigenvalue weighted by Crippen LogP contribution is -2.23. The predicted octanol–water partition coefficient (Wildman–Crippen LogP) is 5.85. The SMILES string of the molecule is CC(C)c1c(NC(=O)Nc2cc(C(F)(F)F)nn2C(C)C)cnc2ccc(Cl)nc12. The highest BCUT2D eigenvalue weighted by molar-refractivity contribution is 6.29. The van der Waals surface area contributed by atoms with Crippen LogP contribution in [0.4, 0.5) is 29.5 Å². The fourth-order valence-corrected chi connectivity index (χ4v) is 3.18. The van der Waals surface area contributed by atoms with Crippen LogP contribution < -0.4 is 10.6 Å². The number of aromatic nitrogens is 4. The fourth-order valence-electron chi connectivity index (χ4n) is 3.04. The highest BCUT2D eigenvalue weighted by atomic mass is 35.5. The largest absolute Gasteiger partial charge is 0.435 e. The molecule has 0 aliphatic carbocycles. The van der Waals surface area contributed by atoms with E-state index in [2.05, 4.69) is 25.7 Å². The molecule has 0 atom stereocenters. The third-order valence-electron chi connectivity index (χ3n) is 4.30. The van der Waals surface area contributed by atoms with E-state index in [0.29, 0.717) is 22.3 Å². The minimum absolute atomic E-state index is 0.0326. The third kappa shape index (κ3) is 4.48. The van der Waals surface area contributed by atoms with E-state index in [1.807, 2.05) is 13.8 Å². The van der Waals surface area contributed by atoms with Gasteiger partial charge in [0.1, 0.15) is 11.0 Å². The number of carbonyl (C=O) groups excluding carboxylic acids is 1. The van der Waals surface area contributed by atoms with Crippen molar-refractivity contribution >= 4 is 40.2 Å². The Kier molecular flexibility index (Phi) is 5.89. The first-order valence-electron chi connectivity index (χ1n) is 9.17. The normalized spacial score (nSPS) is 12.1. The highest BCUT2D eigenvalue weighted by Crippen LogP contribution is 2.32. The van der Waals surface area contributed by atoms with Crippen molar-refractivity contribution in [2.24, 2.45) is 0 Å². The lowest BCUT2D eigenvalue weighted by molar-refractivity contribution is -0.141. The Labute approximate surface area is 175 Å². The topological polar surface area (TPSA) is 84.7 Å². The molecule has 3 heterocycles. The average molecular weight is 441 g/mol. The summed E-state index contributed by atoms with van der Waals surface area (Å²) in [5, 5.41) is 8.92. The monoisotopic (exact) mass is 440 g/mol. The summed E-state index contributed by atoms with van der Waals surface area (Å²) >= 11 is 6.01. The van der Waals surface area contributed by atoms with Crippen molar-refractivity contribution in [2.75, 3.05) is 10.6 Å².